The Morgan fingerprint density at radius 2 is 2.11 bits per heavy atom. The van der Waals surface area contributed by atoms with Gasteiger partial charge >= 0.3 is 0 Å². The summed E-state index contributed by atoms with van der Waals surface area (Å²) in [5, 5.41) is 3.15. The molecule has 1 heterocycles. The average molecular weight is 263 g/mol. The van der Waals surface area contributed by atoms with Crippen molar-refractivity contribution in [3.63, 3.8) is 0 Å². The van der Waals surface area contributed by atoms with Crippen LogP contribution in [0.1, 0.15) is 30.9 Å². The number of anilines is 1. The zero-order valence-corrected chi connectivity index (χ0v) is 12.0. The van der Waals surface area contributed by atoms with Gasteiger partial charge in [0, 0.05) is 11.6 Å². The molecule has 1 aliphatic rings. The van der Waals surface area contributed by atoms with Gasteiger partial charge in [-0.25, -0.2) is 0 Å². The smallest absolute Gasteiger partial charge is 0.227 e. The van der Waals surface area contributed by atoms with Crippen molar-refractivity contribution in [3.8, 4) is 0 Å². The Hall–Kier alpha value is -0.960. The van der Waals surface area contributed by atoms with E-state index < -0.39 is 0 Å². The van der Waals surface area contributed by atoms with Crippen LogP contribution < -0.4 is 5.32 Å². The van der Waals surface area contributed by atoms with Crippen LogP contribution in [0.3, 0.4) is 0 Å². The van der Waals surface area contributed by atoms with Crippen molar-refractivity contribution in [2.75, 3.05) is 16.8 Å². The molecule has 3 heteroatoms. The molecular formula is C15H21NOS. The lowest BCUT2D eigenvalue weighted by molar-refractivity contribution is -0.120. The molecule has 0 radical (unpaired) electrons. The van der Waals surface area contributed by atoms with Crippen molar-refractivity contribution in [2.45, 2.75) is 33.1 Å². The largest absolute Gasteiger partial charge is 0.325 e. The zero-order chi connectivity index (χ0) is 13.0. The Balaban J connectivity index is 2.10. The van der Waals surface area contributed by atoms with Gasteiger partial charge in [0.1, 0.15) is 0 Å². The van der Waals surface area contributed by atoms with Crippen molar-refractivity contribution in [1.82, 2.24) is 0 Å². The predicted octanol–water partition coefficient (Wildman–Crippen LogP) is 3.64. The minimum atomic E-state index is 0.204. The van der Waals surface area contributed by atoms with Crippen LogP contribution in [-0.2, 0) is 11.2 Å². The molecule has 0 saturated carbocycles. The third kappa shape index (κ3) is 3.08. The van der Waals surface area contributed by atoms with E-state index in [1.807, 2.05) is 11.8 Å². The number of amides is 1. The number of rotatable bonds is 3. The lowest BCUT2D eigenvalue weighted by Crippen LogP contribution is -2.27. The van der Waals surface area contributed by atoms with Crippen molar-refractivity contribution in [1.29, 1.82) is 0 Å². The summed E-state index contributed by atoms with van der Waals surface area (Å²) >= 11 is 1.95. The Morgan fingerprint density at radius 3 is 2.78 bits per heavy atom. The van der Waals surface area contributed by atoms with Gasteiger partial charge in [-0.05, 0) is 48.8 Å². The molecule has 2 rings (SSSR count). The Kier molecular flexibility index (Phi) is 4.70. The molecule has 1 fully saturated rings. The van der Waals surface area contributed by atoms with Crippen LogP contribution in [0.25, 0.3) is 0 Å². The summed E-state index contributed by atoms with van der Waals surface area (Å²) in [6.07, 6.45) is 2.99. The molecule has 0 unspecified atom stereocenters. The molecule has 0 aliphatic carbocycles. The third-order valence-corrected chi connectivity index (χ3v) is 4.63. The maximum atomic E-state index is 12.3. The Morgan fingerprint density at radius 1 is 1.39 bits per heavy atom. The third-order valence-electron chi connectivity index (χ3n) is 3.58. The normalized spacial score (nSPS) is 16.6. The summed E-state index contributed by atoms with van der Waals surface area (Å²) in [5.74, 6) is 2.65. The van der Waals surface area contributed by atoms with Crippen LogP contribution in [0.2, 0.25) is 0 Å². The first-order valence-electron chi connectivity index (χ1n) is 6.69. The SMILES string of the molecule is CCc1cccc(C)c1NC(=O)C1CCSCC1. The number of nitrogens with one attached hydrogen (secondary N) is 1. The summed E-state index contributed by atoms with van der Waals surface area (Å²) in [5.41, 5.74) is 3.42. The van der Waals surface area contributed by atoms with Crippen LogP contribution in [-0.4, -0.2) is 17.4 Å². The van der Waals surface area contributed by atoms with E-state index in [1.165, 1.54) is 5.56 Å². The highest BCUT2D eigenvalue weighted by molar-refractivity contribution is 7.99. The van der Waals surface area contributed by atoms with Crippen LogP contribution in [0.5, 0.6) is 0 Å². The second-order valence-corrected chi connectivity index (χ2v) is 6.06. The summed E-state index contributed by atoms with van der Waals surface area (Å²) in [7, 11) is 0. The van der Waals surface area contributed by atoms with Gasteiger partial charge in [-0.15, -0.1) is 0 Å². The van der Waals surface area contributed by atoms with E-state index in [9.17, 15) is 4.79 Å². The zero-order valence-electron chi connectivity index (χ0n) is 11.2. The maximum absolute atomic E-state index is 12.3. The lowest BCUT2D eigenvalue weighted by Gasteiger charge is -2.22. The van der Waals surface area contributed by atoms with Crippen molar-refractivity contribution in [3.05, 3.63) is 29.3 Å². The van der Waals surface area contributed by atoms with E-state index in [4.69, 9.17) is 0 Å². The van der Waals surface area contributed by atoms with Crippen LogP contribution >= 0.6 is 11.8 Å². The van der Waals surface area contributed by atoms with Gasteiger partial charge in [-0.2, -0.15) is 11.8 Å². The van der Waals surface area contributed by atoms with Crippen molar-refractivity contribution < 1.29 is 4.79 Å². The molecule has 1 N–H and O–H groups in total. The van der Waals surface area contributed by atoms with E-state index in [0.29, 0.717) is 0 Å². The molecule has 1 amide bonds. The number of carbonyl (C=O) groups excluding carboxylic acids is 1. The Labute approximate surface area is 114 Å². The van der Waals surface area contributed by atoms with Gasteiger partial charge in [0.2, 0.25) is 5.91 Å². The molecule has 0 spiro atoms. The van der Waals surface area contributed by atoms with Gasteiger partial charge in [-0.3, -0.25) is 4.79 Å². The molecule has 98 valence electrons. The molecule has 2 nitrogen and oxygen atoms in total. The van der Waals surface area contributed by atoms with Crippen LogP contribution in [0.4, 0.5) is 5.69 Å². The van der Waals surface area contributed by atoms with E-state index in [2.05, 4.69) is 37.4 Å². The highest BCUT2D eigenvalue weighted by Crippen LogP contribution is 2.26. The monoisotopic (exact) mass is 263 g/mol. The number of hydrogen-bond acceptors (Lipinski definition) is 2. The van der Waals surface area contributed by atoms with Crippen molar-refractivity contribution >= 4 is 23.4 Å². The number of hydrogen-bond donors (Lipinski definition) is 1. The molecule has 0 aromatic heterocycles. The van der Waals surface area contributed by atoms with E-state index in [0.717, 1.165) is 42.0 Å². The fourth-order valence-corrected chi connectivity index (χ4v) is 3.49. The maximum Gasteiger partial charge on any atom is 0.227 e. The Bertz CT molecular complexity index is 425. The quantitative estimate of drug-likeness (QED) is 0.902. The lowest BCUT2D eigenvalue weighted by atomic mass is 10.0. The highest BCUT2D eigenvalue weighted by atomic mass is 32.2. The molecule has 0 atom stereocenters. The van der Waals surface area contributed by atoms with E-state index >= 15 is 0 Å². The second-order valence-electron chi connectivity index (χ2n) is 4.84. The molecular weight excluding hydrogens is 242 g/mol. The van der Waals surface area contributed by atoms with E-state index in [1.54, 1.807) is 0 Å². The summed E-state index contributed by atoms with van der Waals surface area (Å²) in [4.78, 5) is 12.3. The molecule has 18 heavy (non-hydrogen) atoms. The van der Waals surface area contributed by atoms with Crippen LogP contribution in [0.15, 0.2) is 18.2 Å². The van der Waals surface area contributed by atoms with Gasteiger partial charge in [-0.1, -0.05) is 25.1 Å². The number of aryl methyl sites for hydroxylation is 2. The van der Waals surface area contributed by atoms with Gasteiger partial charge in [0.25, 0.3) is 0 Å². The minimum absolute atomic E-state index is 0.204. The summed E-state index contributed by atoms with van der Waals surface area (Å²) < 4.78 is 0. The van der Waals surface area contributed by atoms with Gasteiger partial charge in [0.05, 0.1) is 0 Å². The molecule has 0 bridgehead atoms. The fourth-order valence-electron chi connectivity index (χ4n) is 2.39. The van der Waals surface area contributed by atoms with Crippen molar-refractivity contribution in [2.24, 2.45) is 5.92 Å². The minimum Gasteiger partial charge on any atom is -0.325 e. The van der Waals surface area contributed by atoms with Gasteiger partial charge in [0.15, 0.2) is 0 Å². The highest BCUT2D eigenvalue weighted by Gasteiger charge is 2.22. The van der Waals surface area contributed by atoms with Gasteiger partial charge < -0.3 is 5.32 Å². The number of carbonyl (C=O) groups is 1. The number of thioether (sulfide) groups is 1. The molecule has 1 aliphatic heterocycles. The molecule has 1 aromatic rings. The van der Waals surface area contributed by atoms with Crippen LogP contribution in [0, 0.1) is 12.8 Å². The first kappa shape index (κ1) is 13.5. The van der Waals surface area contributed by atoms with E-state index in [-0.39, 0.29) is 11.8 Å². The number of benzene rings is 1. The number of para-hydroxylation sites is 1. The second kappa shape index (κ2) is 6.28. The summed E-state index contributed by atoms with van der Waals surface area (Å²) in [6.45, 7) is 4.19. The predicted molar refractivity (Wildman–Crippen MR) is 79.2 cm³/mol. The first-order chi connectivity index (χ1) is 8.72. The standard InChI is InChI=1S/C15H21NOS/c1-3-12-6-4-5-11(2)14(12)16-15(17)13-7-9-18-10-8-13/h4-6,13H,3,7-10H2,1-2H3,(H,16,17). The summed E-state index contributed by atoms with van der Waals surface area (Å²) in [6, 6.07) is 6.21. The molecule has 1 aromatic carbocycles. The topological polar surface area (TPSA) is 29.1 Å². The fraction of sp³-hybridized carbons (Fsp3) is 0.533. The average Bonchev–Trinajstić information content (AvgIpc) is 2.42. The first-order valence-corrected chi connectivity index (χ1v) is 7.85. The molecule has 1 saturated heterocycles.